The highest BCUT2D eigenvalue weighted by atomic mass is 35.5. The molecule has 21 heavy (non-hydrogen) atoms. The van der Waals surface area contributed by atoms with E-state index in [1.165, 1.54) is 19.3 Å². The molecule has 0 saturated heterocycles. The van der Waals surface area contributed by atoms with Gasteiger partial charge >= 0.3 is 6.03 Å². The molecule has 1 heterocycles. The molecule has 0 aliphatic heterocycles. The highest BCUT2D eigenvalue weighted by molar-refractivity contribution is 6.30. The van der Waals surface area contributed by atoms with Crippen molar-refractivity contribution in [2.75, 3.05) is 5.32 Å². The van der Waals surface area contributed by atoms with Crippen molar-refractivity contribution in [3.63, 3.8) is 0 Å². The summed E-state index contributed by atoms with van der Waals surface area (Å²) in [4.78, 5) is 16.4. The van der Waals surface area contributed by atoms with E-state index in [1.54, 1.807) is 18.3 Å². The molecule has 4 fully saturated rings. The van der Waals surface area contributed by atoms with Crippen LogP contribution in [0.1, 0.15) is 38.5 Å². The van der Waals surface area contributed by atoms with E-state index in [1.807, 2.05) is 0 Å². The molecular weight excluding hydrogens is 286 g/mol. The zero-order chi connectivity index (χ0) is 14.4. The van der Waals surface area contributed by atoms with E-state index < -0.39 is 0 Å². The first-order valence-electron chi connectivity index (χ1n) is 7.81. The molecule has 1 aromatic rings. The Bertz CT molecular complexity index is 539. The Kier molecular flexibility index (Phi) is 3.10. The van der Waals surface area contributed by atoms with Crippen LogP contribution in [0.3, 0.4) is 0 Å². The largest absolute Gasteiger partial charge is 0.332 e. The van der Waals surface area contributed by atoms with Gasteiger partial charge in [-0.05, 0) is 68.4 Å². The summed E-state index contributed by atoms with van der Waals surface area (Å²) in [7, 11) is 0. The molecule has 0 spiro atoms. The van der Waals surface area contributed by atoms with Crippen molar-refractivity contribution in [3.8, 4) is 0 Å². The van der Waals surface area contributed by atoms with Crippen molar-refractivity contribution in [2.45, 2.75) is 44.1 Å². The second kappa shape index (κ2) is 4.87. The molecule has 0 unspecified atom stereocenters. The lowest BCUT2D eigenvalue weighted by Crippen LogP contribution is -2.60. The number of pyridine rings is 1. The minimum Gasteiger partial charge on any atom is -0.332 e. The predicted molar refractivity (Wildman–Crippen MR) is 82.3 cm³/mol. The van der Waals surface area contributed by atoms with Crippen molar-refractivity contribution in [2.24, 2.45) is 17.8 Å². The van der Waals surface area contributed by atoms with Crippen LogP contribution in [0.5, 0.6) is 0 Å². The second-order valence-electron chi connectivity index (χ2n) is 7.14. The predicted octanol–water partition coefficient (Wildman–Crippen LogP) is 3.83. The van der Waals surface area contributed by atoms with Gasteiger partial charge in [0.1, 0.15) is 5.82 Å². The second-order valence-corrected chi connectivity index (χ2v) is 7.57. The molecule has 4 aliphatic carbocycles. The summed E-state index contributed by atoms with van der Waals surface area (Å²) in [6, 6.07) is 3.22. The van der Waals surface area contributed by atoms with Crippen molar-refractivity contribution in [3.05, 3.63) is 23.4 Å². The third-order valence-corrected chi connectivity index (χ3v) is 5.62. The maximum absolute atomic E-state index is 12.3. The molecule has 1 aromatic heterocycles. The fourth-order valence-electron chi connectivity index (χ4n) is 5.13. The molecule has 0 aromatic carbocycles. The number of anilines is 1. The Hall–Kier alpha value is -1.29. The summed E-state index contributed by atoms with van der Waals surface area (Å²) in [6.45, 7) is 0. The molecule has 4 nitrogen and oxygen atoms in total. The number of carbonyl (C=O) groups excluding carboxylic acids is 1. The van der Waals surface area contributed by atoms with Gasteiger partial charge in [0.2, 0.25) is 0 Å². The fourth-order valence-corrected chi connectivity index (χ4v) is 5.28. The van der Waals surface area contributed by atoms with Crippen LogP contribution < -0.4 is 10.6 Å². The topological polar surface area (TPSA) is 54.0 Å². The molecule has 0 atom stereocenters. The van der Waals surface area contributed by atoms with Gasteiger partial charge in [0.05, 0.1) is 0 Å². The molecule has 0 radical (unpaired) electrons. The average molecular weight is 306 g/mol. The van der Waals surface area contributed by atoms with Crippen molar-refractivity contribution >= 4 is 23.4 Å². The molecule has 2 amide bonds. The first-order chi connectivity index (χ1) is 10.1. The third-order valence-electron chi connectivity index (χ3n) is 5.38. The Morgan fingerprint density at radius 2 is 1.81 bits per heavy atom. The number of hydrogen-bond donors (Lipinski definition) is 2. The smallest absolute Gasteiger partial charge is 0.320 e. The number of rotatable bonds is 2. The highest BCUT2D eigenvalue weighted by Gasteiger charge is 2.51. The van der Waals surface area contributed by atoms with E-state index in [0.29, 0.717) is 10.8 Å². The lowest BCUT2D eigenvalue weighted by molar-refractivity contribution is -0.0127. The van der Waals surface area contributed by atoms with Crippen LogP contribution >= 0.6 is 11.6 Å². The molecule has 4 saturated carbocycles. The number of halogens is 1. The number of aromatic nitrogens is 1. The molecule has 2 N–H and O–H groups in total. The molecule has 5 heteroatoms. The van der Waals surface area contributed by atoms with Crippen LogP contribution in [-0.4, -0.2) is 16.6 Å². The number of carbonyl (C=O) groups is 1. The Balaban J connectivity index is 1.45. The van der Waals surface area contributed by atoms with E-state index in [0.717, 1.165) is 37.0 Å². The van der Waals surface area contributed by atoms with Crippen LogP contribution in [0.15, 0.2) is 18.3 Å². The fraction of sp³-hybridized carbons (Fsp3) is 0.625. The highest BCUT2D eigenvalue weighted by Crippen LogP contribution is 2.55. The molecule has 4 aliphatic rings. The van der Waals surface area contributed by atoms with Crippen LogP contribution in [0.2, 0.25) is 5.02 Å². The molecule has 4 bridgehead atoms. The van der Waals surface area contributed by atoms with Crippen LogP contribution in [-0.2, 0) is 0 Å². The first kappa shape index (κ1) is 13.4. The van der Waals surface area contributed by atoms with Gasteiger partial charge in [0.25, 0.3) is 0 Å². The lowest BCUT2D eigenvalue weighted by Gasteiger charge is -2.56. The number of amides is 2. The summed E-state index contributed by atoms with van der Waals surface area (Å²) in [5, 5.41) is 6.65. The normalized spacial score (nSPS) is 36.5. The van der Waals surface area contributed by atoms with Crippen molar-refractivity contribution in [1.29, 1.82) is 0 Å². The van der Waals surface area contributed by atoms with Crippen molar-refractivity contribution in [1.82, 2.24) is 10.3 Å². The standard InChI is InChI=1S/C16H20ClN3O/c17-13-1-2-18-14(6-13)19-15(21)20-16-7-10-3-11(8-16)5-12(4-10)9-16/h1-2,6,10-12H,3-5,7-9H2,(H2,18,19,20,21). The average Bonchev–Trinajstić information content (AvgIpc) is 2.35. The summed E-state index contributed by atoms with van der Waals surface area (Å²) < 4.78 is 0. The van der Waals surface area contributed by atoms with E-state index in [9.17, 15) is 4.79 Å². The van der Waals surface area contributed by atoms with Gasteiger partial charge in [-0.15, -0.1) is 0 Å². The van der Waals surface area contributed by atoms with E-state index >= 15 is 0 Å². The van der Waals surface area contributed by atoms with E-state index in [4.69, 9.17) is 11.6 Å². The van der Waals surface area contributed by atoms with Crippen LogP contribution in [0, 0.1) is 17.8 Å². The summed E-state index contributed by atoms with van der Waals surface area (Å²) in [6.07, 6.45) is 9.16. The monoisotopic (exact) mass is 305 g/mol. The number of hydrogen-bond acceptors (Lipinski definition) is 2. The van der Waals surface area contributed by atoms with Gasteiger partial charge in [-0.1, -0.05) is 11.6 Å². The number of nitrogens with zero attached hydrogens (tertiary/aromatic N) is 1. The molecule has 5 rings (SSSR count). The van der Waals surface area contributed by atoms with Crippen LogP contribution in [0.4, 0.5) is 10.6 Å². The lowest BCUT2D eigenvalue weighted by atomic mass is 9.53. The van der Waals surface area contributed by atoms with Gasteiger partial charge in [-0.3, -0.25) is 5.32 Å². The van der Waals surface area contributed by atoms with Gasteiger partial charge in [0.15, 0.2) is 0 Å². The molecule has 112 valence electrons. The Labute approximate surface area is 129 Å². The Morgan fingerprint density at radius 3 is 2.38 bits per heavy atom. The number of urea groups is 1. The van der Waals surface area contributed by atoms with Crippen LogP contribution in [0.25, 0.3) is 0 Å². The Morgan fingerprint density at radius 1 is 1.19 bits per heavy atom. The van der Waals surface area contributed by atoms with E-state index in [2.05, 4.69) is 15.6 Å². The van der Waals surface area contributed by atoms with Gasteiger partial charge < -0.3 is 5.32 Å². The van der Waals surface area contributed by atoms with Gasteiger partial charge in [-0.25, -0.2) is 9.78 Å². The minimum atomic E-state index is -0.147. The van der Waals surface area contributed by atoms with Gasteiger partial charge in [0, 0.05) is 16.8 Å². The SMILES string of the molecule is O=C(Nc1cc(Cl)ccn1)NC12CC3CC(CC(C3)C1)C2. The first-order valence-corrected chi connectivity index (χ1v) is 8.19. The van der Waals surface area contributed by atoms with E-state index in [-0.39, 0.29) is 11.6 Å². The number of nitrogens with one attached hydrogen (secondary N) is 2. The minimum absolute atomic E-state index is 0.0252. The zero-order valence-electron chi connectivity index (χ0n) is 11.9. The molecular formula is C16H20ClN3O. The summed E-state index contributed by atoms with van der Waals surface area (Å²) in [5.74, 6) is 2.97. The van der Waals surface area contributed by atoms with Crippen molar-refractivity contribution < 1.29 is 4.79 Å². The maximum atomic E-state index is 12.3. The summed E-state index contributed by atoms with van der Waals surface area (Å²) >= 11 is 5.92. The maximum Gasteiger partial charge on any atom is 0.320 e. The summed E-state index contributed by atoms with van der Waals surface area (Å²) in [5.41, 5.74) is 0.0252. The zero-order valence-corrected chi connectivity index (χ0v) is 12.7. The quantitative estimate of drug-likeness (QED) is 0.872. The third kappa shape index (κ3) is 2.61. The van der Waals surface area contributed by atoms with Gasteiger partial charge in [-0.2, -0.15) is 0 Å².